The Hall–Kier alpha value is -2.37. The number of nitrogens with zero attached hydrogens (tertiary/aromatic N) is 2. The number of hydrogen-bond donors (Lipinski definition) is 1. The van der Waals surface area contributed by atoms with Crippen molar-refractivity contribution in [2.24, 2.45) is 5.92 Å². The molecule has 2 unspecified atom stereocenters. The zero-order chi connectivity index (χ0) is 20.7. The predicted octanol–water partition coefficient (Wildman–Crippen LogP) is 4.04. The van der Waals surface area contributed by atoms with Gasteiger partial charge in [-0.1, -0.05) is 13.8 Å². The molecule has 0 saturated carbocycles. The van der Waals surface area contributed by atoms with E-state index in [0.717, 1.165) is 16.3 Å². The zero-order valence-electron chi connectivity index (χ0n) is 16.3. The average molecular weight is 418 g/mol. The van der Waals surface area contributed by atoms with Gasteiger partial charge in [-0.25, -0.2) is 9.78 Å². The van der Waals surface area contributed by atoms with Crippen molar-refractivity contribution in [3.8, 4) is 6.07 Å². The molecule has 0 fully saturated rings. The standard InChI is InChI=1S/C20H23N3O3S2/c1-13(2)20(4,11-21)23-18(24)14(3)26-19(25)15-5-7-17(8-6-15)28-10-16-9-27-12-22-16/h5-9,12-14H,10H2,1-4H3,(H,23,24). The Balaban J connectivity index is 1.91. The molecule has 0 bridgehead atoms. The summed E-state index contributed by atoms with van der Waals surface area (Å²) in [7, 11) is 0. The van der Waals surface area contributed by atoms with Crippen LogP contribution >= 0.6 is 23.1 Å². The largest absolute Gasteiger partial charge is 0.449 e. The van der Waals surface area contributed by atoms with E-state index in [2.05, 4.69) is 16.4 Å². The molecule has 1 amide bonds. The van der Waals surface area contributed by atoms with Crippen LogP contribution in [0.15, 0.2) is 40.1 Å². The Kier molecular flexibility index (Phi) is 7.61. The van der Waals surface area contributed by atoms with Gasteiger partial charge in [0.15, 0.2) is 6.10 Å². The zero-order valence-corrected chi connectivity index (χ0v) is 17.9. The van der Waals surface area contributed by atoms with E-state index in [0.29, 0.717) is 5.56 Å². The molecule has 0 aliphatic heterocycles. The van der Waals surface area contributed by atoms with Crippen LogP contribution in [-0.2, 0) is 15.3 Å². The van der Waals surface area contributed by atoms with Crippen LogP contribution in [0.1, 0.15) is 43.7 Å². The van der Waals surface area contributed by atoms with Crippen LogP contribution in [0.3, 0.4) is 0 Å². The molecule has 0 aliphatic carbocycles. The number of carbonyl (C=O) groups is 2. The van der Waals surface area contributed by atoms with Crippen molar-refractivity contribution in [3.05, 3.63) is 46.4 Å². The second kappa shape index (κ2) is 9.71. The van der Waals surface area contributed by atoms with Crippen LogP contribution in [0.5, 0.6) is 0 Å². The lowest BCUT2D eigenvalue weighted by Gasteiger charge is -2.28. The number of rotatable bonds is 8. The van der Waals surface area contributed by atoms with Gasteiger partial charge in [-0.3, -0.25) is 4.79 Å². The number of nitriles is 1. The highest BCUT2D eigenvalue weighted by Gasteiger charge is 2.32. The molecule has 28 heavy (non-hydrogen) atoms. The Morgan fingerprint density at radius 1 is 1.32 bits per heavy atom. The van der Waals surface area contributed by atoms with E-state index in [-0.39, 0.29) is 5.92 Å². The number of ether oxygens (including phenoxy) is 1. The molecule has 148 valence electrons. The minimum Gasteiger partial charge on any atom is -0.449 e. The molecule has 2 rings (SSSR count). The van der Waals surface area contributed by atoms with Crippen molar-refractivity contribution in [1.29, 1.82) is 5.26 Å². The first-order chi connectivity index (χ1) is 13.2. The third kappa shape index (κ3) is 5.81. The van der Waals surface area contributed by atoms with Crippen molar-refractivity contribution < 1.29 is 14.3 Å². The minimum absolute atomic E-state index is 0.0846. The highest BCUT2D eigenvalue weighted by molar-refractivity contribution is 7.98. The third-order valence-electron chi connectivity index (χ3n) is 4.38. The summed E-state index contributed by atoms with van der Waals surface area (Å²) < 4.78 is 5.25. The topological polar surface area (TPSA) is 92.1 Å². The molecular formula is C20H23N3O3S2. The Labute approximate surface area is 173 Å². The lowest BCUT2D eigenvalue weighted by molar-refractivity contribution is -0.130. The Bertz CT molecular complexity index is 845. The van der Waals surface area contributed by atoms with Crippen molar-refractivity contribution in [2.45, 2.75) is 50.0 Å². The summed E-state index contributed by atoms with van der Waals surface area (Å²) in [5.41, 5.74) is 2.16. The number of hydrogen-bond acceptors (Lipinski definition) is 7. The SMILES string of the molecule is CC(OC(=O)c1ccc(SCc2cscn2)cc1)C(=O)NC(C)(C#N)C(C)C. The van der Waals surface area contributed by atoms with E-state index >= 15 is 0 Å². The van der Waals surface area contributed by atoms with Crippen LogP contribution in [0, 0.1) is 17.2 Å². The summed E-state index contributed by atoms with van der Waals surface area (Å²) in [6.07, 6.45) is -1.00. The summed E-state index contributed by atoms with van der Waals surface area (Å²) >= 11 is 3.19. The summed E-state index contributed by atoms with van der Waals surface area (Å²) in [6.45, 7) is 6.82. The van der Waals surface area contributed by atoms with Crippen LogP contribution in [-0.4, -0.2) is 28.5 Å². The number of esters is 1. The second-order valence-corrected chi connectivity index (χ2v) is 8.57. The molecule has 0 spiro atoms. The van der Waals surface area contributed by atoms with Gasteiger partial charge >= 0.3 is 5.97 Å². The molecule has 2 atom stereocenters. The highest BCUT2D eigenvalue weighted by Crippen LogP contribution is 2.23. The van der Waals surface area contributed by atoms with Crippen molar-refractivity contribution in [1.82, 2.24) is 10.3 Å². The first kappa shape index (κ1) is 21.9. The average Bonchev–Trinajstić information content (AvgIpc) is 3.20. The number of nitrogens with one attached hydrogen (secondary N) is 1. The predicted molar refractivity (Wildman–Crippen MR) is 110 cm³/mol. The van der Waals surface area contributed by atoms with E-state index in [1.807, 2.05) is 31.4 Å². The fraction of sp³-hybridized carbons (Fsp3) is 0.400. The van der Waals surface area contributed by atoms with Crippen molar-refractivity contribution >= 4 is 35.0 Å². The van der Waals surface area contributed by atoms with E-state index in [1.165, 1.54) is 6.92 Å². The summed E-state index contributed by atoms with van der Waals surface area (Å²) in [4.78, 5) is 29.8. The van der Waals surface area contributed by atoms with Gasteiger partial charge in [0, 0.05) is 16.0 Å². The van der Waals surface area contributed by atoms with Crippen LogP contribution in [0.25, 0.3) is 0 Å². The Morgan fingerprint density at radius 3 is 2.54 bits per heavy atom. The van der Waals surface area contributed by atoms with Gasteiger partial charge in [0.1, 0.15) is 5.54 Å². The van der Waals surface area contributed by atoms with Gasteiger partial charge in [-0.05, 0) is 44.0 Å². The van der Waals surface area contributed by atoms with Gasteiger partial charge in [0.25, 0.3) is 5.91 Å². The first-order valence-corrected chi connectivity index (χ1v) is 10.7. The van der Waals surface area contributed by atoms with Crippen molar-refractivity contribution in [3.63, 3.8) is 0 Å². The monoisotopic (exact) mass is 417 g/mol. The minimum atomic E-state index is -1.02. The fourth-order valence-electron chi connectivity index (χ4n) is 2.09. The molecule has 0 aliphatic rings. The first-order valence-electron chi connectivity index (χ1n) is 8.79. The molecule has 1 N–H and O–H groups in total. The molecule has 8 heteroatoms. The van der Waals surface area contributed by atoms with E-state index in [9.17, 15) is 14.9 Å². The summed E-state index contributed by atoms with van der Waals surface area (Å²) in [6, 6.07) is 9.11. The molecule has 1 heterocycles. The van der Waals surface area contributed by atoms with Crippen LogP contribution in [0.4, 0.5) is 0 Å². The van der Waals surface area contributed by atoms with Gasteiger partial charge in [0.05, 0.1) is 22.8 Å². The molecule has 1 aromatic heterocycles. The number of thioether (sulfide) groups is 1. The smallest absolute Gasteiger partial charge is 0.338 e. The van der Waals surface area contributed by atoms with Gasteiger partial charge < -0.3 is 10.1 Å². The van der Waals surface area contributed by atoms with Gasteiger partial charge in [-0.2, -0.15) is 5.26 Å². The molecule has 6 nitrogen and oxygen atoms in total. The lowest BCUT2D eigenvalue weighted by atomic mass is 9.90. The number of thiazole rings is 1. The normalized spacial score (nSPS) is 14.0. The Morgan fingerprint density at radius 2 is 2.00 bits per heavy atom. The van der Waals surface area contributed by atoms with E-state index in [1.54, 1.807) is 47.7 Å². The van der Waals surface area contributed by atoms with E-state index in [4.69, 9.17) is 4.74 Å². The summed E-state index contributed by atoms with van der Waals surface area (Å²) in [5.74, 6) is -0.403. The summed E-state index contributed by atoms with van der Waals surface area (Å²) in [5, 5.41) is 14.0. The lowest BCUT2D eigenvalue weighted by Crippen LogP contribution is -2.52. The fourth-order valence-corrected chi connectivity index (χ4v) is 3.56. The second-order valence-electron chi connectivity index (χ2n) is 6.80. The number of aromatic nitrogens is 1. The molecule has 0 radical (unpaired) electrons. The molecule has 2 aromatic rings. The van der Waals surface area contributed by atoms with Gasteiger partial charge in [0.2, 0.25) is 0 Å². The number of benzene rings is 1. The third-order valence-corrected chi connectivity index (χ3v) is 6.06. The number of carbonyl (C=O) groups excluding carboxylic acids is 2. The highest BCUT2D eigenvalue weighted by atomic mass is 32.2. The van der Waals surface area contributed by atoms with Gasteiger partial charge in [-0.15, -0.1) is 23.1 Å². The maximum Gasteiger partial charge on any atom is 0.338 e. The molecule has 1 aromatic carbocycles. The molecule has 0 saturated heterocycles. The van der Waals surface area contributed by atoms with Crippen LogP contribution < -0.4 is 5.32 Å². The van der Waals surface area contributed by atoms with E-state index < -0.39 is 23.5 Å². The van der Waals surface area contributed by atoms with Crippen LogP contribution in [0.2, 0.25) is 0 Å². The maximum atomic E-state index is 12.3. The quantitative estimate of drug-likeness (QED) is 0.515. The molecular weight excluding hydrogens is 394 g/mol. The number of amides is 1. The van der Waals surface area contributed by atoms with Crippen molar-refractivity contribution in [2.75, 3.05) is 0 Å². The maximum absolute atomic E-state index is 12.3.